The van der Waals surface area contributed by atoms with Gasteiger partial charge < -0.3 is 15.6 Å². The number of hydrogen-bond donors (Lipinski definition) is 2. The van der Waals surface area contributed by atoms with Gasteiger partial charge in [-0.2, -0.15) is 0 Å². The van der Waals surface area contributed by atoms with Crippen LogP contribution in [0.4, 0.5) is 4.39 Å². The molecule has 1 aromatic rings. The minimum atomic E-state index is -1.93. The first-order valence-electron chi connectivity index (χ1n) is 5.79. The molecule has 0 aliphatic rings. The number of rotatable bonds is 6. The van der Waals surface area contributed by atoms with E-state index in [-0.39, 0.29) is 18.8 Å². The third-order valence-corrected chi connectivity index (χ3v) is 2.63. The third kappa shape index (κ3) is 4.03. The SMILES string of the molecule is CCC(=O)Oc1ccc(CC(N)(CF)C(=O)O)cc1. The number of nitrogens with two attached hydrogens (primary N) is 1. The zero-order valence-corrected chi connectivity index (χ0v) is 10.6. The molecule has 6 heteroatoms. The lowest BCUT2D eigenvalue weighted by Crippen LogP contribution is -2.52. The van der Waals surface area contributed by atoms with Gasteiger partial charge in [-0.3, -0.25) is 9.59 Å². The van der Waals surface area contributed by atoms with Crippen molar-refractivity contribution in [2.45, 2.75) is 25.3 Å². The number of halogens is 1. The average molecular weight is 269 g/mol. The normalized spacial score (nSPS) is 13.6. The third-order valence-electron chi connectivity index (χ3n) is 2.63. The summed E-state index contributed by atoms with van der Waals surface area (Å²) >= 11 is 0. The molecule has 0 spiro atoms. The first kappa shape index (κ1) is 15.1. The Kier molecular flexibility index (Phi) is 5.00. The van der Waals surface area contributed by atoms with E-state index in [1.165, 1.54) is 12.1 Å². The van der Waals surface area contributed by atoms with E-state index in [0.717, 1.165) is 0 Å². The lowest BCUT2D eigenvalue weighted by molar-refractivity contribution is -0.144. The largest absolute Gasteiger partial charge is 0.480 e. The van der Waals surface area contributed by atoms with Crippen molar-refractivity contribution >= 4 is 11.9 Å². The van der Waals surface area contributed by atoms with Gasteiger partial charge in [-0.1, -0.05) is 19.1 Å². The van der Waals surface area contributed by atoms with Crippen molar-refractivity contribution in [2.75, 3.05) is 6.67 Å². The fraction of sp³-hybridized carbons (Fsp3) is 0.385. The molecule has 0 radical (unpaired) electrons. The molecule has 19 heavy (non-hydrogen) atoms. The zero-order valence-electron chi connectivity index (χ0n) is 10.6. The van der Waals surface area contributed by atoms with Crippen molar-refractivity contribution in [2.24, 2.45) is 5.73 Å². The lowest BCUT2D eigenvalue weighted by atomic mass is 9.93. The van der Waals surface area contributed by atoms with E-state index < -0.39 is 18.2 Å². The van der Waals surface area contributed by atoms with Crippen LogP contribution in [0.1, 0.15) is 18.9 Å². The minimum Gasteiger partial charge on any atom is -0.480 e. The molecular weight excluding hydrogens is 253 g/mol. The number of benzene rings is 1. The Morgan fingerprint density at radius 3 is 2.37 bits per heavy atom. The molecule has 0 aliphatic carbocycles. The Bertz CT molecular complexity index is 460. The van der Waals surface area contributed by atoms with Crippen LogP contribution in [0.2, 0.25) is 0 Å². The predicted octanol–water partition coefficient (Wildman–Crippen LogP) is 1.30. The average Bonchev–Trinajstić information content (AvgIpc) is 2.40. The van der Waals surface area contributed by atoms with Gasteiger partial charge in [-0.15, -0.1) is 0 Å². The number of aliphatic carboxylic acids is 1. The summed E-state index contributed by atoms with van der Waals surface area (Å²) in [6.07, 6.45) is 0.120. The number of carbonyl (C=O) groups excluding carboxylic acids is 1. The summed E-state index contributed by atoms with van der Waals surface area (Å²) in [6.45, 7) is 0.516. The van der Waals surface area contributed by atoms with Crippen LogP contribution in [0.3, 0.4) is 0 Å². The van der Waals surface area contributed by atoms with Crippen LogP contribution in [0.15, 0.2) is 24.3 Å². The second-order valence-electron chi connectivity index (χ2n) is 4.24. The smallest absolute Gasteiger partial charge is 0.326 e. The highest BCUT2D eigenvalue weighted by Crippen LogP contribution is 2.17. The van der Waals surface area contributed by atoms with E-state index in [0.29, 0.717) is 11.3 Å². The molecule has 3 N–H and O–H groups in total. The Labute approximate surface area is 110 Å². The van der Waals surface area contributed by atoms with E-state index in [2.05, 4.69) is 0 Å². The summed E-state index contributed by atoms with van der Waals surface area (Å²) < 4.78 is 17.7. The molecule has 1 rings (SSSR count). The molecule has 0 saturated heterocycles. The van der Waals surface area contributed by atoms with Crippen molar-refractivity contribution in [3.05, 3.63) is 29.8 Å². The van der Waals surface area contributed by atoms with Gasteiger partial charge in [0.15, 0.2) is 0 Å². The van der Waals surface area contributed by atoms with Gasteiger partial charge in [-0.05, 0) is 17.7 Å². The molecule has 1 atom stereocenters. The molecule has 5 nitrogen and oxygen atoms in total. The molecule has 1 aromatic carbocycles. The van der Waals surface area contributed by atoms with Crippen LogP contribution >= 0.6 is 0 Å². The van der Waals surface area contributed by atoms with Gasteiger partial charge in [-0.25, -0.2) is 4.39 Å². The highest BCUT2D eigenvalue weighted by atomic mass is 19.1. The standard InChI is InChI=1S/C13H16FNO4/c1-2-11(16)19-10-5-3-9(4-6-10)7-13(15,8-14)12(17)18/h3-6H,2,7-8,15H2,1H3,(H,17,18). The summed E-state index contributed by atoms with van der Waals surface area (Å²) in [5, 5.41) is 8.86. The first-order valence-corrected chi connectivity index (χ1v) is 5.79. The lowest BCUT2D eigenvalue weighted by Gasteiger charge is -2.20. The highest BCUT2D eigenvalue weighted by molar-refractivity contribution is 5.79. The van der Waals surface area contributed by atoms with Crippen LogP contribution in [0.5, 0.6) is 5.75 Å². The second-order valence-corrected chi connectivity index (χ2v) is 4.24. The Balaban J connectivity index is 2.77. The molecule has 0 aromatic heterocycles. The summed E-state index contributed by atoms with van der Waals surface area (Å²) in [5.74, 6) is -1.40. The quantitative estimate of drug-likeness (QED) is 0.600. The topological polar surface area (TPSA) is 89.6 Å². The zero-order chi connectivity index (χ0) is 14.5. The van der Waals surface area contributed by atoms with Gasteiger partial charge in [0.1, 0.15) is 18.0 Å². The molecule has 0 fully saturated rings. The Hall–Kier alpha value is -1.95. The number of alkyl halides is 1. The molecule has 0 aliphatic heterocycles. The monoisotopic (exact) mass is 269 g/mol. The fourth-order valence-electron chi connectivity index (χ4n) is 1.42. The highest BCUT2D eigenvalue weighted by Gasteiger charge is 2.34. The van der Waals surface area contributed by atoms with Crippen LogP contribution in [-0.4, -0.2) is 29.3 Å². The number of hydrogen-bond acceptors (Lipinski definition) is 4. The number of carbonyl (C=O) groups is 2. The van der Waals surface area contributed by atoms with Crippen LogP contribution < -0.4 is 10.5 Å². The molecule has 0 heterocycles. The van der Waals surface area contributed by atoms with Crippen LogP contribution in [-0.2, 0) is 16.0 Å². The number of ether oxygens (including phenoxy) is 1. The van der Waals surface area contributed by atoms with Gasteiger partial charge >= 0.3 is 11.9 Å². The van der Waals surface area contributed by atoms with E-state index in [1.54, 1.807) is 19.1 Å². The van der Waals surface area contributed by atoms with Crippen molar-refractivity contribution < 1.29 is 23.8 Å². The van der Waals surface area contributed by atoms with Crippen LogP contribution in [0, 0.1) is 0 Å². The maximum absolute atomic E-state index is 12.7. The summed E-state index contributed by atoms with van der Waals surface area (Å²) in [4.78, 5) is 21.9. The minimum absolute atomic E-state index is 0.138. The molecular formula is C13H16FNO4. The van der Waals surface area contributed by atoms with Gasteiger partial charge in [0.25, 0.3) is 0 Å². The number of carboxylic acid groups (broad SMARTS) is 1. The predicted molar refractivity (Wildman–Crippen MR) is 66.6 cm³/mol. The van der Waals surface area contributed by atoms with Gasteiger partial charge in [0.05, 0.1) is 0 Å². The van der Waals surface area contributed by atoms with E-state index in [1.807, 2.05) is 0 Å². The Morgan fingerprint density at radius 1 is 1.37 bits per heavy atom. The molecule has 104 valence electrons. The number of carboxylic acids is 1. The maximum Gasteiger partial charge on any atom is 0.326 e. The molecule has 0 bridgehead atoms. The first-order chi connectivity index (χ1) is 8.91. The fourth-order valence-corrected chi connectivity index (χ4v) is 1.42. The van der Waals surface area contributed by atoms with E-state index in [4.69, 9.17) is 15.6 Å². The van der Waals surface area contributed by atoms with Crippen LogP contribution in [0.25, 0.3) is 0 Å². The van der Waals surface area contributed by atoms with Crippen molar-refractivity contribution in [3.8, 4) is 5.75 Å². The van der Waals surface area contributed by atoms with Crippen molar-refractivity contribution in [1.82, 2.24) is 0 Å². The summed E-state index contributed by atoms with van der Waals surface area (Å²) in [5.41, 5.74) is 4.08. The van der Waals surface area contributed by atoms with E-state index in [9.17, 15) is 14.0 Å². The van der Waals surface area contributed by atoms with Crippen molar-refractivity contribution in [1.29, 1.82) is 0 Å². The Morgan fingerprint density at radius 2 is 1.95 bits per heavy atom. The molecule has 0 saturated carbocycles. The van der Waals surface area contributed by atoms with E-state index >= 15 is 0 Å². The van der Waals surface area contributed by atoms with Crippen molar-refractivity contribution in [3.63, 3.8) is 0 Å². The summed E-state index contributed by atoms with van der Waals surface area (Å²) in [6, 6.07) is 6.14. The number of esters is 1. The maximum atomic E-state index is 12.7. The van der Waals surface area contributed by atoms with Gasteiger partial charge in [0, 0.05) is 12.8 Å². The molecule has 1 unspecified atom stereocenters. The van der Waals surface area contributed by atoms with Gasteiger partial charge in [0.2, 0.25) is 0 Å². The second kappa shape index (κ2) is 6.29. The summed E-state index contributed by atoms with van der Waals surface area (Å²) in [7, 11) is 0. The molecule has 0 amide bonds.